The Kier molecular flexibility index (Phi) is 2.69. The Bertz CT molecular complexity index is 156. The fraction of sp³-hybridized carbons (Fsp3) is 0.556. The number of rotatable bonds is 1. The van der Waals surface area contributed by atoms with Crippen LogP contribution in [0, 0.1) is 0 Å². The van der Waals surface area contributed by atoms with Gasteiger partial charge in [0.25, 0.3) is 0 Å². The van der Waals surface area contributed by atoms with Gasteiger partial charge in [-0.1, -0.05) is 23.8 Å². The summed E-state index contributed by atoms with van der Waals surface area (Å²) in [6.07, 6.45) is 7.60. The fourth-order valence-electron chi connectivity index (χ4n) is 1.23. The van der Waals surface area contributed by atoms with Crippen LogP contribution in [0.5, 0.6) is 0 Å². The molecule has 1 nitrogen and oxygen atoms in total. The standard InChI is InChI=1S/C9H15N/c1-3-4-5-9-6-7-10-8(9)2/h3-5,8,10H,6-7H2,1-2H3/b4-3-,9-5-. The molecule has 1 aliphatic rings. The maximum absolute atomic E-state index is 3.38. The molecule has 0 saturated carbocycles. The maximum Gasteiger partial charge on any atom is 0.0254 e. The van der Waals surface area contributed by atoms with E-state index in [1.807, 2.05) is 6.92 Å². The summed E-state index contributed by atoms with van der Waals surface area (Å²) in [5, 5.41) is 3.38. The van der Waals surface area contributed by atoms with E-state index in [-0.39, 0.29) is 0 Å². The topological polar surface area (TPSA) is 12.0 Å². The Hall–Kier alpha value is -0.560. The van der Waals surface area contributed by atoms with Crippen molar-refractivity contribution < 1.29 is 0 Å². The second-order valence-electron chi connectivity index (χ2n) is 2.69. The fourth-order valence-corrected chi connectivity index (χ4v) is 1.23. The van der Waals surface area contributed by atoms with Gasteiger partial charge in [0.2, 0.25) is 0 Å². The summed E-state index contributed by atoms with van der Waals surface area (Å²) in [5.41, 5.74) is 1.53. The Morgan fingerprint density at radius 2 is 2.40 bits per heavy atom. The molecule has 0 aromatic carbocycles. The predicted molar refractivity (Wildman–Crippen MR) is 45.0 cm³/mol. The normalized spacial score (nSPS) is 30.6. The van der Waals surface area contributed by atoms with Gasteiger partial charge in [-0.3, -0.25) is 0 Å². The van der Waals surface area contributed by atoms with E-state index in [1.165, 1.54) is 12.0 Å². The van der Waals surface area contributed by atoms with E-state index in [2.05, 4.69) is 30.5 Å². The van der Waals surface area contributed by atoms with Gasteiger partial charge in [0.05, 0.1) is 0 Å². The molecule has 1 heterocycles. The minimum atomic E-state index is 0.594. The van der Waals surface area contributed by atoms with Crippen LogP contribution in [-0.2, 0) is 0 Å². The van der Waals surface area contributed by atoms with Crippen LogP contribution in [0.2, 0.25) is 0 Å². The summed E-state index contributed by atoms with van der Waals surface area (Å²) >= 11 is 0. The lowest BCUT2D eigenvalue weighted by Gasteiger charge is -2.01. The summed E-state index contributed by atoms with van der Waals surface area (Å²) in [6, 6.07) is 0.594. The Morgan fingerprint density at radius 1 is 1.60 bits per heavy atom. The van der Waals surface area contributed by atoms with Crippen molar-refractivity contribution in [1.29, 1.82) is 0 Å². The van der Waals surface area contributed by atoms with Crippen molar-refractivity contribution in [3.8, 4) is 0 Å². The molecular formula is C9H15N. The number of hydrogen-bond acceptors (Lipinski definition) is 1. The minimum Gasteiger partial charge on any atom is -0.310 e. The first-order valence-corrected chi connectivity index (χ1v) is 3.89. The minimum absolute atomic E-state index is 0.594. The Balaban J connectivity index is 2.53. The zero-order valence-electron chi connectivity index (χ0n) is 6.72. The molecule has 1 rings (SSSR count). The van der Waals surface area contributed by atoms with Crippen LogP contribution in [0.25, 0.3) is 0 Å². The van der Waals surface area contributed by atoms with Crippen molar-refractivity contribution >= 4 is 0 Å². The quantitative estimate of drug-likeness (QED) is 0.581. The van der Waals surface area contributed by atoms with Crippen LogP contribution in [0.3, 0.4) is 0 Å². The van der Waals surface area contributed by atoms with Crippen LogP contribution in [0.4, 0.5) is 0 Å². The molecule has 0 spiro atoms. The molecular weight excluding hydrogens is 122 g/mol. The molecule has 0 amide bonds. The highest BCUT2D eigenvalue weighted by Crippen LogP contribution is 2.12. The highest BCUT2D eigenvalue weighted by atomic mass is 14.9. The second kappa shape index (κ2) is 3.57. The van der Waals surface area contributed by atoms with Crippen LogP contribution in [0.1, 0.15) is 20.3 Å². The van der Waals surface area contributed by atoms with Crippen molar-refractivity contribution in [2.75, 3.05) is 6.54 Å². The highest BCUT2D eigenvalue weighted by molar-refractivity contribution is 5.20. The SMILES string of the molecule is C/C=C\C=C1\CCNC1C. The largest absolute Gasteiger partial charge is 0.310 e. The van der Waals surface area contributed by atoms with Crippen molar-refractivity contribution in [3.05, 3.63) is 23.8 Å². The Morgan fingerprint density at radius 3 is 2.90 bits per heavy atom. The molecule has 1 atom stereocenters. The molecule has 0 aromatic heterocycles. The summed E-state index contributed by atoms with van der Waals surface area (Å²) in [6.45, 7) is 5.40. The zero-order chi connectivity index (χ0) is 7.40. The molecule has 1 heteroatoms. The molecule has 0 aliphatic carbocycles. The first-order chi connectivity index (χ1) is 4.84. The van der Waals surface area contributed by atoms with Crippen LogP contribution in [-0.4, -0.2) is 12.6 Å². The molecule has 0 aromatic rings. The van der Waals surface area contributed by atoms with E-state index in [9.17, 15) is 0 Å². The van der Waals surface area contributed by atoms with Crippen molar-refractivity contribution in [2.24, 2.45) is 0 Å². The number of hydrogen-bond donors (Lipinski definition) is 1. The van der Waals surface area contributed by atoms with E-state index < -0.39 is 0 Å². The molecule has 1 aliphatic heterocycles. The highest BCUT2D eigenvalue weighted by Gasteiger charge is 2.12. The summed E-state index contributed by atoms with van der Waals surface area (Å²) in [4.78, 5) is 0. The smallest absolute Gasteiger partial charge is 0.0254 e. The lowest BCUT2D eigenvalue weighted by molar-refractivity contribution is 0.721. The van der Waals surface area contributed by atoms with E-state index in [0.717, 1.165) is 6.54 Å². The van der Waals surface area contributed by atoms with Crippen molar-refractivity contribution in [2.45, 2.75) is 26.3 Å². The van der Waals surface area contributed by atoms with E-state index in [1.54, 1.807) is 0 Å². The molecule has 1 N–H and O–H groups in total. The summed E-state index contributed by atoms with van der Waals surface area (Å²) < 4.78 is 0. The van der Waals surface area contributed by atoms with Gasteiger partial charge in [-0.25, -0.2) is 0 Å². The third-order valence-electron chi connectivity index (χ3n) is 1.92. The molecule has 1 fully saturated rings. The third kappa shape index (κ3) is 1.71. The molecule has 0 radical (unpaired) electrons. The van der Waals surface area contributed by atoms with Gasteiger partial charge in [-0.05, 0) is 26.8 Å². The van der Waals surface area contributed by atoms with Gasteiger partial charge in [0.1, 0.15) is 0 Å². The monoisotopic (exact) mass is 137 g/mol. The van der Waals surface area contributed by atoms with E-state index in [0.29, 0.717) is 6.04 Å². The summed E-state index contributed by atoms with van der Waals surface area (Å²) in [7, 11) is 0. The number of nitrogens with one attached hydrogen (secondary N) is 1. The second-order valence-corrected chi connectivity index (χ2v) is 2.69. The Labute approximate surface area is 62.8 Å². The first kappa shape index (κ1) is 7.55. The van der Waals surface area contributed by atoms with Gasteiger partial charge >= 0.3 is 0 Å². The molecule has 10 heavy (non-hydrogen) atoms. The first-order valence-electron chi connectivity index (χ1n) is 3.89. The van der Waals surface area contributed by atoms with Crippen LogP contribution >= 0.6 is 0 Å². The van der Waals surface area contributed by atoms with Gasteiger partial charge in [0.15, 0.2) is 0 Å². The summed E-state index contributed by atoms with van der Waals surface area (Å²) in [5.74, 6) is 0. The third-order valence-corrected chi connectivity index (χ3v) is 1.92. The average molecular weight is 137 g/mol. The number of allylic oxidation sites excluding steroid dienone is 3. The predicted octanol–water partition coefficient (Wildman–Crippen LogP) is 1.87. The lowest BCUT2D eigenvalue weighted by Crippen LogP contribution is -2.17. The van der Waals surface area contributed by atoms with Gasteiger partial charge in [-0.2, -0.15) is 0 Å². The van der Waals surface area contributed by atoms with Gasteiger partial charge in [0, 0.05) is 6.04 Å². The molecule has 1 saturated heterocycles. The molecule has 0 bridgehead atoms. The van der Waals surface area contributed by atoms with Crippen LogP contribution < -0.4 is 5.32 Å². The van der Waals surface area contributed by atoms with Gasteiger partial charge in [-0.15, -0.1) is 0 Å². The maximum atomic E-state index is 3.38. The average Bonchev–Trinajstić information content (AvgIpc) is 2.31. The van der Waals surface area contributed by atoms with Crippen LogP contribution in [0.15, 0.2) is 23.8 Å². The molecule has 56 valence electrons. The lowest BCUT2D eigenvalue weighted by atomic mass is 10.1. The van der Waals surface area contributed by atoms with E-state index >= 15 is 0 Å². The zero-order valence-corrected chi connectivity index (χ0v) is 6.72. The van der Waals surface area contributed by atoms with Crippen molar-refractivity contribution in [1.82, 2.24) is 5.32 Å². The van der Waals surface area contributed by atoms with E-state index in [4.69, 9.17) is 0 Å². The van der Waals surface area contributed by atoms with Gasteiger partial charge < -0.3 is 5.32 Å². The molecule has 1 unspecified atom stereocenters. The van der Waals surface area contributed by atoms with Crippen molar-refractivity contribution in [3.63, 3.8) is 0 Å².